The van der Waals surface area contributed by atoms with Crippen LogP contribution in [0.5, 0.6) is 0 Å². The van der Waals surface area contributed by atoms with Crippen LogP contribution in [-0.4, -0.2) is 31.0 Å². The van der Waals surface area contributed by atoms with Gasteiger partial charge in [-0.3, -0.25) is 9.69 Å². The van der Waals surface area contributed by atoms with Gasteiger partial charge in [-0.15, -0.1) is 0 Å². The van der Waals surface area contributed by atoms with Crippen LogP contribution in [0.4, 0.5) is 0 Å². The lowest BCUT2D eigenvalue weighted by molar-refractivity contribution is 0.0918. The highest BCUT2D eigenvalue weighted by Crippen LogP contribution is 2.26. The Labute approximate surface area is 166 Å². The smallest absolute Gasteiger partial charge is 0.287 e. The van der Waals surface area contributed by atoms with Crippen molar-refractivity contribution in [2.75, 3.05) is 20.2 Å². The van der Waals surface area contributed by atoms with Crippen LogP contribution in [0.15, 0.2) is 52.9 Å². The van der Waals surface area contributed by atoms with Crippen LogP contribution in [0, 0.1) is 0 Å². The van der Waals surface area contributed by atoms with Crippen molar-refractivity contribution >= 4 is 16.9 Å². The maximum atomic E-state index is 12.9. The number of para-hydroxylation sites is 1. The van der Waals surface area contributed by atoms with E-state index in [2.05, 4.69) is 36.2 Å². The molecule has 0 atom stereocenters. The summed E-state index contributed by atoms with van der Waals surface area (Å²) in [6.45, 7) is 7.98. The van der Waals surface area contributed by atoms with Crippen molar-refractivity contribution in [1.29, 1.82) is 0 Å². The van der Waals surface area contributed by atoms with Crippen molar-refractivity contribution in [2.24, 2.45) is 0 Å². The van der Waals surface area contributed by atoms with Gasteiger partial charge in [0.1, 0.15) is 5.58 Å². The van der Waals surface area contributed by atoms with E-state index in [1.165, 1.54) is 5.56 Å². The molecule has 28 heavy (non-hydrogen) atoms. The molecular formula is C23H28N2O3. The van der Waals surface area contributed by atoms with Crippen molar-refractivity contribution in [2.45, 2.75) is 33.5 Å². The fraction of sp³-hybridized carbons (Fsp3) is 0.348. The maximum absolute atomic E-state index is 12.9. The molecule has 0 saturated heterocycles. The summed E-state index contributed by atoms with van der Waals surface area (Å²) in [5, 5.41) is 3.93. The molecule has 0 saturated carbocycles. The first-order valence-electron chi connectivity index (χ1n) is 9.74. The molecular weight excluding hydrogens is 352 g/mol. The number of ether oxygens (including phenoxy) is 1. The highest BCUT2D eigenvalue weighted by molar-refractivity contribution is 5.99. The second-order valence-corrected chi connectivity index (χ2v) is 6.75. The first kappa shape index (κ1) is 20.1. The molecule has 148 valence electrons. The fourth-order valence-corrected chi connectivity index (χ4v) is 3.40. The number of carbonyl (C=O) groups excluding carboxylic acids is 1. The van der Waals surface area contributed by atoms with Gasteiger partial charge < -0.3 is 14.5 Å². The Kier molecular flexibility index (Phi) is 6.85. The van der Waals surface area contributed by atoms with E-state index in [4.69, 9.17) is 9.15 Å². The van der Waals surface area contributed by atoms with Crippen molar-refractivity contribution < 1.29 is 13.9 Å². The number of nitrogens with zero attached hydrogens (tertiary/aromatic N) is 1. The van der Waals surface area contributed by atoms with E-state index in [9.17, 15) is 4.79 Å². The zero-order valence-electron chi connectivity index (χ0n) is 16.8. The van der Waals surface area contributed by atoms with Crippen molar-refractivity contribution in [3.63, 3.8) is 0 Å². The molecule has 5 heteroatoms. The number of fused-ring (bicyclic) bond motifs is 1. The second-order valence-electron chi connectivity index (χ2n) is 6.75. The van der Waals surface area contributed by atoms with Crippen molar-refractivity contribution in [3.05, 3.63) is 71.0 Å². The molecule has 1 amide bonds. The van der Waals surface area contributed by atoms with E-state index in [-0.39, 0.29) is 5.91 Å². The van der Waals surface area contributed by atoms with Crippen molar-refractivity contribution in [1.82, 2.24) is 10.2 Å². The number of hydrogen-bond donors (Lipinski definition) is 1. The Balaban J connectivity index is 1.78. The standard InChI is InChI=1S/C23H28N2O3/c1-4-25(5-2)15-18-11-7-6-10-17(18)14-24-23(26)22-20(16-27-3)19-12-8-9-13-21(19)28-22/h6-13H,4-5,14-16H2,1-3H3,(H,24,26). The largest absolute Gasteiger partial charge is 0.451 e. The molecule has 0 aliphatic heterocycles. The van der Waals surface area contributed by atoms with Gasteiger partial charge in [0.2, 0.25) is 0 Å². The predicted octanol–water partition coefficient (Wildman–Crippen LogP) is 4.35. The summed E-state index contributed by atoms with van der Waals surface area (Å²) in [6.07, 6.45) is 0. The number of furan rings is 1. The van der Waals surface area contributed by atoms with Gasteiger partial charge >= 0.3 is 0 Å². The molecule has 0 spiro atoms. The molecule has 2 aromatic carbocycles. The van der Waals surface area contributed by atoms with Gasteiger partial charge in [-0.05, 0) is 30.3 Å². The lowest BCUT2D eigenvalue weighted by Crippen LogP contribution is -2.26. The van der Waals surface area contributed by atoms with E-state index in [1.807, 2.05) is 36.4 Å². The molecule has 3 rings (SSSR count). The van der Waals surface area contributed by atoms with E-state index in [0.29, 0.717) is 24.5 Å². The number of benzene rings is 2. The quantitative estimate of drug-likeness (QED) is 0.600. The van der Waals surface area contributed by atoms with E-state index >= 15 is 0 Å². The molecule has 0 aliphatic rings. The van der Waals surface area contributed by atoms with Crippen LogP contribution in [0.1, 0.15) is 41.1 Å². The minimum atomic E-state index is -0.221. The van der Waals surface area contributed by atoms with Crippen LogP contribution in [0.25, 0.3) is 11.0 Å². The Bertz CT molecular complexity index is 928. The van der Waals surface area contributed by atoms with Gasteiger partial charge in [0.15, 0.2) is 5.76 Å². The fourth-order valence-electron chi connectivity index (χ4n) is 3.40. The minimum Gasteiger partial charge on any atom is -0.451 e. The molecule has 3 aromatic rings. The number of amides is 1. The molecule has 0 unspecified atom stereocenters. The van der Waals surface area contributed by atoms with Gasteiger partial charge in [0.25, 0.3) is 5.91 Å². The maximum Gasteiger partial charge on any atom is 0.287 e. The zero-order valence-corrected chi connectivity index (χ0v) is 16.8. The summed E-state index contributed by atoms with van der Waals surface area (Å²) in [6, 6.07) is 15.9. The Morgan fingerprint density at radius 2 is 1.71 bits per heavy atom. The van der Waals surface area contributed by atoms with E-state index in [1.54, 1.807) is 7.11 Å². The molecule has 0 radical (unpaired) electrons. The van der Waals surface area contributed by atoms with Crippen molar-refractivity contribution in [3.8, 4) is 0 Å². The number of carbonyl (C=O) groups is 1. The molecule has 0 fully saturated rings. The number of rotatable bonds is 9. The van der Waals surface area contributed by atoms with Gasteiger partial charge in [-0.25, -0.2) is 0 Å². The summed E-state index contributed by atoms with van der Waals surface area (Å²) in [7, 11) is 1.62. The van der Waals surface area contributed by atoms with Crippen LogP contribution in [-0.2, 0) is 24.4 Å². The highest BCUT2D eigenvalue weighted by atomic mass is 16.5. The summed E-state index contributed by atoms with van der Waals surface area (Å²) < 4.78 is 11.1. The van der Waals surface area contributed by atoms with Crippen LogP contribution in [0.2, 0.25) is 0 Å². The summed E-state index contributed by atoms with van der Waals surface area (Å²) in [5.74, 6) is 0.102. The van der Waals surface area contributed by atoms with Crippen LogP contribution < -0.4 is 5.32 Å². The first-order valence-corrected chi connectivity index (χ1v) is 9.74. The SMILES string of the molecule is CCN(CC)Cc1ccccc1CNC(=O)c1oc2ccccc2c1COC. The number of methoxy groups -OCH3 is 1. The molecule has 0 bridgehead atoms. The Morgan fingerprint density at radius 3 is 2.43 bits per heavy atom. The number of hydrogen-bond acceptors (Lipinski definition) is 4. The first-order chi connectivity index (χ1) is 13.7. The molecule has 5 nitrogen and oxygen atoms in total. The van der Waals surface area contributed by atoms with Gasteiger partial charge in [-0.2, -0.15) is 0 Å². The highest BCUT2D eigenvalue weighted by Gasteiger charge is 2.20. The minimum absolute atomic E-state index is 0.221. The second kappa shape index (κ2) is 9.53. The van der Waals surface area contributed by atoms with E-state index in [0.717, 1.165) is 36.1 Å². The van der Waals surface area contributed by atoms with Crippen LogP contribution >= 0.6 is 0 Å². The lowest BCUT2D eigenvalue weighted by Gasteiger charge is -2.20. The molecule has 1 heterocycles. The molecule has 0 aliphatic carbocycles. The third kappa shape index (κ3) is 4.43. The normalized spacial score (nSPS) is 11.3. The Morgan fingerprint density at radius 1 is 1.04 bits per heavy atom. The summed E-state index contributed by atoms with van der Waals surface area (Å²) in [5.41, 5.74) is 3.83. The monoisotopic (exact) mass is 380 g/mol. The molecule has 1 N–H and O–H groups in total. The lowest BCUT2D eigenvalue weighted by atomic mass is 10.1. The van der Waals surface area contributed by atoms with E-state index < -0.39 is 0 Å². The summed E-state index contributed by atoms with van der Waals surface area (Å²) in [4.78, 5) is 15.2. The number of nitrogens with one attached hydrogen (secondary N) is 1. The van der Waals surface area contributed by atoms with Crippen LogP contribution in [0.3, 0.4) is 0 Å². The van der Waals surface area contributed by atoms with Gasteiger partial charge in [-0.1, -0.05) is 56.3 Å². The summed E-state index contributed by atoms with van der Waals surface area (Å²) >= 11 is 0. The molecule has 1 aromatic heterocycles. The average Bonchev–Trinajstić information content (AvgIpc) is 3.10. The average molecular weight is 380 g/mol. The zero-order chi connectivity index (χ0) is 19.9. The predicted molar refractivity (Wildman–Crippen MR) is 111 cm³/mol. The third-order valence-electron chi connectivity index (χ3n) is 5.04. The third-order valence-corrected chi connectivity index (χ3v) is 5.04. The van der Waals surface area contributed by atoms with Gasteiger partial charge in [0.05, 0.1) is 6.61 Å². The van der Waals surface area contributed by atoms with Gasteiger partial charge in [0, 0.05) is 31.1 Å². The topological polar surface area (TPSA) is 54.7 Å². The Hall–Kier alpha value is -2.63.